The van der Waals surface area contributed by atoms with Gasteiger partial charge in [0.15, 0.2) is 0 Å². The summed E-state index contributed by atoms with van der Waals surface area (Å²) < 4.78 is 7.51. The summed E-state index contributed by atoms with van der Waals surface area (Å²) in [7, 11) is 0. The Morgan fingerprint density at radius 1 is 1.20 bits per heavy atom. The maximum Gasteiger partial charge on any atom is 0.347 e. The smallest absolute Gasteiger partial charge is 0.347 e. The Labute approximate surface area is 147 Å². The van der Waals surface area contributed by atoms with E-state index >= 15 is 0 Å². The molecule has 6 nitrogen and oxygen atoms in total. The SMILES string of the molecule is Cc1cccc(C)c1OC1CCN(C(=O)Cn2cccnc2=O)CC1. The molecular weight excluding hydrogens is 318 g/mol. The highest BCUT2D eigenvalue weighted by molar-refractivity contribution is 5.76. The molecule has 0 bridgehead atoms. The van der Waals surface area contributed by atoms with Gasteiger partial charge in [0.2, 0.25) is 5.91 Å². The second-order valence-corrected chi connectivity index (χ2v) is 6.45. The average Bonchev–Trinajstić information content (AvgIpc) is 2.61. The van der Waals surface area contributed by atoms with Gasteiger partial charge in [-0.15, -0.1) is 0 Å². The van der Waals surface area contributed by atoms with Crippen molar-refractivity contribution in [2.75, 3.05) is 13.1 Å². The highest BCUT2D eigenvalue weighted by Crippen LogP contribution is 2.26. The summed E-state index contributed by atoms with van der Waals surface area (Å²) in [4.78, 5) is 29.5. The first kappa shape index (κ1) is 17.2. The van der Waals surface area contributed by atoms with Crippen LogP contribution in [0, 0.1) is 13.8 Å². The van der Waals surface area contributed by atoms with Gasteiger partial charge in [0, 0.05) is 38.3 Å². The molecule has 2 aromatic rings. The van der Waals surface area contributed by atoms with Crippen LogP contribution in [-0.2, 0) is 11.3 Å². The van der Waals surface area contributed by atoms with Crippen molar-refractivity contribution in [3.8, 4) is 5.75 Å². The molecule has 0 N–H and O–H groups in total. The number of nitrogens with zero attached hydrogens (tertiary/aromatic N) is 3. The third kappa shape index (κ3) is 4.07. The monoisotopic (exact) mass is 341 g/mol. The van der Waals surface area contributed by atoms with Gasteiger partial charge in [0.1, 0.15) is 18.4 Å². The van der Waals surface area contributed by atoms with Crippen LogP contribution in [0.15, 0.2) is 41.5 Å². The topological polar surface area (TPSA) is 64.4 Å². The number of aryl methyl sites for hydroxylation is 2. The number of piperidine rings is 1. The van der Waals surface area contributed by atoms with Crippen LogP contribution in [0.25, 0.3) is 0 Å². The molecule has 1 aromatic carbocycles. The van der Waals surface area contributed by atoms with Crippen LogP contribution in [0.2, 0.25) is 0 Å². The largest absolute Gasteiger partial charge is 0.490 e. The molecule has 1 aliphatic heterocycles. The molecule has 1 aromatic heterocycles. The summed E-state index contributed by atoms with van der Waals surface area (Å²) in [6, 6.07) is 7.78. The Morgan fingerprint density at radius 2 is 1.88 bits per heavy atom. The summed E-state index contributed by atoms with van der Waals surface area (Å²) in [5, 5.41) is 0. The molecule has 1 aliphatic rings. The number of amides is 1. The first-order valence-corrected chi connectivity index (χ1v) is 8.56. The van der Waals surface area contributed by atoms with Crippen molar-refractivity contribution in [3.05, 3.63) is 58.3 Å². The zero-order valence-electron chi connectivity index (χ0n) is 14.6. The van der Waals surface area contributed by atoms with Crippen molar-refractivity contribution < 1.29 is 9.53 Å². The van der Waals surface area contributed by atoms with Gasteiger partial charge in [0.05, 0.1) is 0 Å². The van der Waals surface area contributed by atoms with Crippen molar-refractivity contribution in [1.82, 2.24) is 14.5 Å². The van der Waals surface area contributed by atoms with E-state index < -0.39 is 5.69 Å². The molecule has 132 valence electrons. The Bertz CT molecular complexity index is 787. The number of carbonyl (C=O) groups excluding carboxylic acids is 1. The van der Waals surface area contributed by atoms with Gasteiger partial charge in [-0.25, -0.2) is 9.78 Å². The van der Waals surface area contributed by atoms with Crippen LogP contribution in [0.1, 0.15) is 24.0 Å². The predicted octanol–water partition coefficient (Wildman–Crippen LogP) is 1.93. The average molecular weight is 341 g/mol. The lowest BCUT2D eigenvalue weighted by Gasteiger charge is -2.33. The third-order valence-electron chi connectivity index (χ3n) is 4.58. The fraction of sp³-hybridized carbons (Fsp3) is 0.421. The van der Waals surface area contributed by atoms with E-state index in [1.54, 1.807) is 17.2 Å². The third-order valence-corrected chi connectivity index (χ3v) is 4.58. The lowest BCUT2D eigenvalue weighted by atomic mass is 10.1. The minimum absolute atomic E-state index is 0.0368. The number of aromatic nitrogens is 2. The molecule has 0 atom stereocenters. The first-order chi connectivity index (χ1) is 12.0. The van der Waals surface area contributed by atoms with E-state index in [9.17, 15) is 9.59 Å². The molecule has 0 unspecified atom stereocenters. The maximum absolute atomic E-state index is 12.4. The van der Waals surface area contributed by atoms with Crippen LogP contribution in [0.5, 0.6) is 5.75 Å². The normalized spacial score (nSPS) is 15.2. The molecule has 0 aliphatic carbocycles. The Kier molecular flexibility index (Phi) is 5.16. The molecular formula is C19H23N3O3. The van der Waals surface area contributed by atoms with E-state index in [1.165, 1.54) is 10.8 Å². The van der Waals surface area contributed by atoms with Crippen LogP contribution >= 0.6 is 0 Å². The van der Waals surface area contributed by atoms with Gasteiger partial charge in [-0.2, -0.15) is 0 Å². The zero-order valence-corrected chi connectivity index (χ0v) is 14.6. The summed E-state index contributed by atoms with van der Waals surface area (Å²) in [6.07, 6.45) is 4.72. The number of hydrogen-bond donors (Lipinski definition) is 0. The number of para-hydroxylation sites is 1. The number of benzene rings is 1. The molecule has 0 saturated carbocycles. The molecule has 3 rings (SSSR count). The minimum Gasteiger partial charge on any atom is -0.490 e. The van der Waals surface area contributed by atoms with Gasteiger partial charge in [-0.3, -0.25) is 9.36 Å². The molecule has 1 fully saturated rings. The lowest BCUT2D eigenvalue weighted by Crippen LogP contribution is -2.44. The van der Waals surface area contributed by atoms with Crippen LogP contribution in [-0.4, -0.2) is 39.6 Å². The summed E-state index contributed by atoms with van der Waals surface area (Å²) in [5.41, 5.74) is 1.87. The molecule has 0 radical (unpaired) electrons. The highest BCUT2D eigenvalue weighted by atomic mass is 16.5. The minimum atomic E-state index is -0.399. The van der Waals surface area contributed by atoms with Crippen molar-refractivity contribution >= 4 is 5.91 Å². The molecule has 25 heavy (non-hydrogen) atoms. The van der Waals surface area contributed by atoms with E-state index in [1.807, 2.05) is 32.0 Å². The van der Waals surface area contributed by atoms with Crippen molar-refractivity contribution in [1.29, 1.82) is 0 Å². The quantitative estimate of drug-likeness (QED) is 0.852. The van der Waals surface area contributed by atoms with Crippen LogP contribution < -0.4 is 10.4 Å². The van der Waals surface area contributed by atoms with Gasteiger partial charge in [0.25, 0.3) is 0 Å². The number of rotatable bonds is 4. The van der Waals surface area contributed by atoms with Crippen molar-refractivity contribution in [2.45, 2.75) is 39.3 Å². The fourth-order valence-corrected chi connectivity index (χ4v) is 3.13. The molecule has 1 saturated heterocycles. The van der Waals surface area contributed by atoms with Gasteiger partial charge in [-0.1, -0.05) is 18.2 Å². The highest BCUT2D eigenvalue weighted by Gasteiger charge is 2.24. The van der Waals surface area contributed by atoms with Crippen LogP contribution in [0.3, 0.4) is 0 Å². The maximum atomic E-state index is 12.4. The second-order valence-electron chi connectivity index (χ2n) is 6.45. The fourth-order valence-electron chi connectivity index (χ4n) is 3.13. The van der Waals surface area contributed by atoms with E-state index in [-0.39, 0.29) is 18.6 Å². The van der Waals surface area contributed by atoms with Gasteiger partial charge in [-0.05, 0) is 31.0 Å². The van der Waals surface area contributed by atoms with E-state index in [4.69, 9.17) is 4.74 Å². The number of ether oxygens (including phenoxy) is 1. The molecule has 0 spiro atoms. The Morgan fingerprint density at radius 3 is 2.52 bits per heavy atom. The summed E-state index contributed by atoms with van der Waals surface area (Å²) in [5.74, 6) is 0.898. The Hall–Kier alpha value is -2.63. The molecule has 6 heteroatoms. The lowest BCUT2D eigenvalue weighted by molar-refractivity contribution is -0.133. The van der Waals surface area contributed by atoms with E-state index in [0.29, 0.717) is 13.1 Å². The van der Waals surface area contributed by atoms with Gasteiger partial charge >= 0.3 is 5.69 Å². The Balaban J connectivity index is 1.56. The van der Waals surface area contributed by atoms with Crippen LogP contribution in [0.4, 0.5) is 0 Å². The standard InChI is InChI=1S/C19H23N3O3/c1-14-5-3-6-15(2)18(14)25-16-7-11-21(12-8-16)17(23)13-22-10-4-9-20-19(22)24/h3-6,9-10,16H,7-8,11-13H2,1-2H3. The van der Waals surface area contributed by atoms with Crippen molar-refractivity contribution in [2.24, 2.45) is 0 Å². The van der Waals surface area contributed by atoms with Crippen molar-refractivity contribution in [3.63, 3.8) is 0 Å². The van der Waals surface area contributed by atoms with E-state index in [2.05, 4.69) is 4.98 Å². The van der Waals surface area contributed by atoms with E-state index in [0.717, 1.165) is 29.7 Å². The molecule has 2 heterocycles. The predicted molar refractivity (Wildman–Crippen MR) is 94.6 cm³/mol. The first-order valence-electron chi connectivity index (χ1n) is 8.56. The second kappa shape index (κ2) is 7.51. The summed E-state index contributed by atoms with van der Waals surface area (Å²) in [6.45, 7) is 5.42. The summed E-state index contributed by atoms with van der Waals surface area (Å²) >= 11 is 0. The number of hydrogen-bond acceptors (Lipinski definition) is 4. The molecule has 1 amide bonds. The zero-order chi connectivity index (χ0) is 17.8. The number of carbonyl (C=O) groups is 1. The van der Waals surface area contributed by atoms with Gasteiger partial charge < -0.3 is 9.64 Å². The number of likely N-dealkylation sites (tertiary alicyclic amines) is 1.